The van der Waals surface area contributed by atoms with Crippen LogP contribution in [0.1, 0.15) is 51.0 Å². The van der Waals surface area contributed by atoms with Crippen molar-refractivity contribution in [2.24, 2.45) is 17.8 Å². The van der Waals surface area contributed by atoms with E-state index in [1.54, 1.807) is 6.92 Å². The van der Waals surface area contributed by atoms with Crippen LogP contribution < -0.4 is 0 Å². The van der Waals surface area contributed by atoms with Crippen molar-refractivity contribution in [3.63, 3.8) is 0 Å². The minimum Gasteiger partial charge on any atom is -0.481 e. The molecule has 2 fully saturated rings. The Morgan fingerprint density at radius 1 is 1.29 bits per heavy atom. The van der Waals surface area contributed by atoms with E-state index in [2.05, 4.69) is 17.9 Å². The summed E-state index contributed by atoms with van der Waals surface area (Å²) >= 11 is 0. The summed E-state index contributed by atoms with van der Waals surface area (Å²) in [5.41, 5.74) is 1.32. The molecule has 4 heteroatoms. The third kappa shape index (κ3) is 5.25. The fourth-order valence-electron chi connectivity index (χ4n) is 4.53. The Morgan fingerprint density at radius 2 is 2.04 bits per heavy atom. The van der Waals surface area contributed by atoms with E-state index in [1.807, 2.05) is 30.3 Å². The van der Waals surface area contributed by atoms with E-state index in [0.29, 0.717) is 24.7 Å². The summed E-state index contributed by atoms with van der Waals surface area (Å²) in [6, 6.07) is 9.82. The lowest BCUT2D eigenvalue weighted by atomic mass is 9.57. The van der Waals surface area contributed by atoms with Gasteiger partial charge >= 0.3 is 5.97 Å². The van der Waals surface area contributed by atoms with Gasteiger partial charge in [0.05, 0.1) is 12.0 Å². The molecular formula is C24H30O4. The largest absolute Gasteiger partial charge is 0.481 e. The van der Waals surface area contributed by atoms with E-state index in [9.17, 15) is 15.0 Å². The van der Waals surface area contributed by atoms with E-state index in [0.717, 1.165) is 31.2 Å². The van der Waals surface area contributed by atoms with Crippen LogP contribution >= 0.6 is 0 Å². The van der Waals surface area contributed by atoms with Crippen molar-refractivity contribution in [3.8, 4) is 11.8 Å². The maximum atomic E-state index is 10.7. The fourth-order valence-corrected chi connectivity index (χ4v) is 4.53. The molecule has 1 aromatic carbocycles. The molecule has 5 atom stereocenters. The molecule has 150 valence electrons. The van der Waals surface area contributed by atoms with Gasteiger partial charge in [-0.25, -0.2) is 0 Å². The summed E-state index contributed by atoms with van der Waals surface area (Å²) in [5, 5.41) is 29.9. The van der Waals surface area contributed by atoms with Crippen LogP contribution in [0.25, 0.3) is 0 Å². The van der Waals surface area contributed by atoms with Crippen molar-refractivity contribution in [2.45, 2.75) is 63.6 Å². The topological polar surface area (TPSA) is 77.8 Å². The third-order valence-corrected chi connectivity index (χ3v) is 6.01. The second kappa shape index (κ2) is 8.94. The number of allylic oxidation sites excluding steroid dienone is 2. The number of carboxylic acids is 1. The molecule has 0 radical (unpaired) electrons. The van der Waals surface area contributed by atoms with E-state index >= 15 is 0 Å². The van der Waals surface area contributed by atoms with Crippen molar-refractivity contribution < 1.29 is 20.1 Å². The Balaban J connectivity index is 1.61. The number of benzene rings is 1. The van der Waals surface area contributed by atoms with Crippen molar-refractivity contribution in [1.82, 2.24) is 0 Å². The molecule has 0 amide bonds. The van der Waals surface area contributed by atoms with Gasteiger partial charge < -0.3 is 15.3 Å². The van der Waals surface area contributed by atoms with Gasteiger partial charge in [0.1, 0.15) is 5.60 Å². The Labute approximate surface area is 167 Å². The highest BCUT2D eigenvalue weighted by molar-refractivity contribution is 5.66. The molecule has 2 aliphatic carbocycles. The van der Waals surface area contributed by atoms with Gasteiger partial charge in [0.2, 0.25) is 0 Å². The van der Waals surface area contributed by atoms with Gasteiger partial charge in [0.15, 0.2) is 0 Å². The molecule has 0 spiro atoms. The number of hydrogen-bond acceptors (Lipinski definition) is 3. The van der Waals surface area contributed by atoms with Gasteiger partial charge in [0, 0.05) is 12.8 Å². The fraction of sp³-hybridized carbons (Fsp3) is 0.542. The number of aliphatic hydroxyl groups excluding tert-OH is 1. The molecule has 0 heterocycles. The van der Waals surface area contributed by atoms with Gasteiger partial charge in [-0.1, -0.05) is 53.8 Å². The molecule has 0 aromatic heterocycles. The molecule has 3 rings (SSSR count). The lowest BCUT2D eigenvalue weighted by Crippen LogP contribution is -2.44. The van der Waals surface area contributed by atoms with Crippen LogP contribution in [0.4, 0.5) is 0 Å². The molecular weight excluding hydrogens is 352 g/mol. The normalized spacial score (nSPS) is 29.8. The van der Waals surface area contributed by atoms with Crippen LogP contribution in [0.2, 0.25) is 0 Å². The minimum absolute atomic E-state index is 0.0998. The molecule has 28 heavy (non-hydrogen) atoms. The number of aliphatic hydroxyl groups is 2. The first-order valence-corrected chi connectivity index (χ1v) is 10.2. The molecule has 0 aliphatic heterocycles. The van der Waals surface area contributed by atoms with E-state index in [1.165, 1.54) is 5.57 Å². The van der Waals surface area contributed by atoms with Crippen LogP contribution in [-0.4, -0.2) is 33.0 Å². The number of carbonyl (C=O) groups is 1. The summed E-state index contributed by atoms with van der Waals surface area (Å²) < 4.78 is 0. The smallest absolute Gasteiger partial charge is 0.303 e. The highest BCUT2D eigenvalue weighted by Gasteiger charge is 2.46. The first-order chi connectivity index (χ1) is 13.4. The Kier molecular flexibility index (Phi) is 6.59. The standard InChI is InChI=1S/C24H30O4/c1-24(28,16-17-7-3-2-4-8-17)14-13-20-21-15-18(9-5-6-10-23(26)27)19(21)11-12-22(20)25/h2-4,7-9,19-22,25,28H,5-6,10-12,15-16H2,1H3,(H,26,27)/b18-9-/t19-,20-,21+,22-,24?/m1/s1. The zero-order valence-corrected chi connectivity index (χ0v) is 16.5. The predicted molar refractivity (Wildman–Crippen MR) is 108 cm³/mol. The summed E-state index contributed by atoms with van der Waals surface area (Å²) in [6.45, 7) is 1.73. The number of fused-ring (bicyclic) bond motifs is 1. The summed E-state index contributed by atoms with van der Waals surface area (Å²) in [7, 11) is 0. The lowest BCUT2D eigenvalue weighted by Gasteiger charge is -2.48. The molecule has 2 aliphatic rings. The minimum atomic E-state index is -1.12. The maximum absolute atomic E-state index is 10.7. The molecule has 0 saturated heterocycles. The summed E-state index contributed by atoms with van der Waals surface area (Å²) in [5.74, 6) is 6.19. The Hall–Kier alpha value is -2.09. The zero-order chi connectivity index (χ0) is 20.1. The van der Waals surface area contributed by atoms with Crippen molar-refractivity contribution in [3.05, 3.63) is 47.5 Å². The van der Waals surface area contributed by atoms with Gasteiger partial charge in [-0.05, 0) is 56.4 Å². The Morgan fingerprint density at radius 3 is 2.75 bits per heavy atom. The van der Waals surface area contributed by atoms with Crippen molar-refractivity contribution >= 4 is 5.97 Å². The van der Waals surface area contributed by atoms with Gasteiger partial charge in [0.25, 0.3) is 0 Å². The zero-order valence-electron chi connectivity index (χ0n) is 16.5. The third-order valence-electron chi connectivity index (χ3n) is 6.01. The van der Waals surface area contributed by atoms with Crippen LogP contribution in [0, 0.1) is 29.6 Å². The highest BCUT2D eigenvalue weighted by Crippen LogP contribution is 2.51. The maximum Gasteiger partial charge on any atom is 0.303 e. The summed E-state index contributed by atoms with van der Waals surface area (Å²) in [4.78, 5) is 10.6. The quantitative estimate of drug-likeness (QED) is 0.399. The van der Waals surface area contributed by atoms with E-state index in [4.69, 9.17) is 5.11 Å². The van der Waals surface area contributed by atoms with Crippen molar-refractivity contribution in [2.75, 3.05) is 0 Å². The van der Waals surface area contributed by atoms with E-state index < -0.39 is 17.7 Å². The second-order valence-corrected chi connectivity index (χ2v) is 8.42. The molecule has 3 N–H and O–H groups in total. The number of hydrogen-bond donors (Lipinski definition) is 3. The van der Waals surface area contributed by atoms with Crippen LogP contribution in [0.3, 0.4) is 0 Å². The highest BCUT2D eigenvalue weighted by atomic mass is 16.4. The monoisotopic (exact) mass is 382 g/mol. The van der Waals surface area contributed by atoms with Gasteiger partial charge in [-0.15, -0.1) is 0 Å². The average molecular weight is 383 g/mol. The first kappa shape index (κ1) is 20.6. The molecule has 1 unspecified atom stereocenters. The second-order valence-electron chi connectivity index (χ2n) is 8.42. The van der Waals surface area contributed by atoms with Crippen molar-refractivity contribution in [1.29, 1.82) is 0 Å². The van der Waals surface area contributed by atoms with Crippen LogP contribution in [-0.2, 0) is 11.2 Å². The Bertz CT molecular complexity index is 769. The first-order valence-electron chi connectivity index (χ1n) is 10.2. The lowest BCUT2D eigenvalue weighted by molar-refractivity contribution is -0.137. The number of carboxylic acid groups (broad SMARTS) is 1. The van der Waals surface area contributed by atoms with Crippen LogP contribution in [0.15, 0.2) is 42.0 Å². The summed E-state index contributed by atoms with van der Waals surface area (Å²) in [6.07, 6.45) is 6.53. The van der Waals surface area contributed by atoms with Gasteiger partial charge in [-0.2, -0.15) is 0 Å². The predicted octanol–water partition coefficient (Wildman–Crippen LogP) is 3.57. The molecule has 0 bridgehead atoms. The molecule has 4 nitrogen and oxygen atoms in total. The SMILES string of the molecule is CC(O)(C#C[C@@H]1[C@H]2C/C(=C/CCCC(=O)O)[C@H]2CC[C@H]1O)Cc1ccccc1. The number of unbranched alkanes of at least 4 members (excludes halogenated alkanes) is 1. The van der Waals surface area contributed by atoms with Crippen LogP contribution in [0.5, 0.6) is 0 Å². The average Bonchev–Trinajstić information content (AvgIpc) is 2.62. The van der Waals surface area contributed by atoms with E-state index in [-0.39, 0.29) is 12.3 Å². The molecule has 2 saturated carbocycles. The number of aliphatic carboxylic acids is 1. The number of rotatable bonds is 6. The van der Waals surface area contributed by atoms with Gasteiger partial charge in [-0.3, -0.25) is 4.79 Å². The molecule has 1 aromatic rings.